The van der Waals surface area contributed by atoms with Crippen LogP contribution in [0.3, 0.4) is 0 Å². The molecule has 1 aromatic carbocycles. The summed E-state index contributed by atoms with van der Waals surface area (Å²) in [7, 11) is 0. The molecule has 1 aromatic rings. The second-order valence-electron chi connectivity index (χ2n) is 7.05. The fraction of sp³-hybridized carbons (Fsp3) is 0.682. The molecule has 0 aliphatic heterocycles. The van der Waals surface area contributed by atoms with Crippen LogP contribution in [0.4, 0.5) is 0 Å². The smallest absolute Gasteiger partial charge is 0.335 e. The summed E-state index contributed by atoms with van der Waals surface area (Å²) in [6.45, 7) is 2.83. The maximum Gasteiger partial charge on any atom is 0.335 e. The highest BCUT2D eigenvalue weighted by Gasteiger charge is 2.04. The van der Waals surface area contributed by atoms with Gasteiger partial charge in [0.05, 0.1) is 12.2 Å². The second kappa shape index (κ2) is 14.5. The van der Waals surface area contributed by atoms with Crippen LogP contribution >= 0.6 is 0 Å². The molecule has 0 radical (unpaired) electrons. The van der Waals surface area contributed by atoms with Gasteiger partial charge in [-0.3, -0.25) is 0 Å². The Bertz CT molecular complexity index is 499. The number of ether oxygens (including phenoxy) is 1. The molecule has 0 aromatic heterocycles. The third kappa shape index (κ3) is 10.3. The average Bonchev–Trinajstić information content (AvgIpc) is 2.61. The van der Waals surface area contributed by atoms with Gasteiger partial charge in [0.2, 0.25) is 0 Å². The topological polar surface area (TPSA) is 69.6 Å². The summed E-state index contributed by atoms with van der Waals surface area (Å²) in [5.41, 5.74) is -0.210. The lowest BCUT2D eigenvalue weighted by Gasteiger charge is -2.13. The van der Waals surface area contributed by atoms with Gasteiger partial charge in [-0.25, -0.2) is 4.79 Å². The number of carbonyl (C=O) groups is 1. The zero-order valence-electron chi connectivity index (χ0n) is 16.3. The highest BCUT2D eigenvalue weighted by Crippen LogP contribution is 2.21. The molecule has 0 amide bonds. The van der Waals surface area contributed by atoms with Crippen molar-refractivity contribution in [2.45, 2.75) is 90.4 Å². The van der Waals surface area contributed by atoms with Crippen LogP contribution in [0.25, 0.3) is 0 Å². The van der Waals surface area contributed by atoms with E-state index in [1.54, 1.807) is 6.07 Å². The Morgan fingerprint density at radius 3 is 1.85 bits per heavy atom. The maximum atomic E-state index is 11.6. The Balaban J connectivity index is 1.92. The van der Waals surface area contributed by atoms with Crippen LogP contribution in [0.2, 0.25) is 0 Å². The second-order valence-corrected chi connectivity index (χ2v) is 7.05. The van der Waals surface area contributed by atoms with E-state index in [1.807, 2.05) is 0 Å². The number of carboxylic acids is 1. The average molecular weight is 364 g/mol. The Morgan fingerprint density at radius 1 is 0.885 bits per heavy atom. The Hall–Kier alpha value is -1.71. The van der Waals surface area contributed by atoms with E-state index >= 15 is 0 Å². The number of rotatable bonds is 16. The normalized spacial score (nSPS) is 10.8. The standard InChI is InChI=1S/C22H36O4/c1-2-3-4-5-6-7-8-9-10-11-12-13-14-17-26-19-15-16-20(22(24)25)21(23)18-19/h15-16,18,23H,2-14,17H2,1H3,(H,24,25)/p-1. The molecule has 0 atom stereocenters. The van der Waals surface area contributed by atoms with E-state index < -0.39 is 11.7 Å². The molecule has 4 nitrogen and oxygen atoms in total. The maximum absolute atomic E-state index is 11.6. The van der Waals surface area contributed by atoms with E-state index in [4.69, 9.17) is 9.84 Å². The van der Waals surface area contributed by atoms with E-state index in [2.05, 4.69) is 6.92 Å². The molecule has 0 aliphatic rings. The number of hydrogen-bond donors (Lipinski definition) is 1. The van der Waals surface area contributed by atoms with Crippen molar-refractivity contribution in [3.8, 4) is 11.5 Å². The van der Waals surface area contributed by atoms with E-state index in [0.29, 0.717) is 12.4 Å². The Labute approximate surface area is 158 Å². The van der Waals surface area contributed by atoms with E-state index in [1.165, 1.54) is 82.8 Å². The van der Waals surface area contributed by atoms with Crippen molar-refractivity contribution in [2.75, 3.05) is 6.61 Å². The summed E-state index contributed by atoms with van der Waals surface area (Å²) in [5.74, 6) is -1.24. The quantitative estimate of drug-likeness (QED) is 0.370. The van der Waals surface area contributed by atoms with Crippen LogP contribution in [-0.4, -0.2) is 17.7 Å². The van der Waals surface area contributed by atoms with Gasteiger partial charge in [-0.15, -0.1) is 0 Å². The van der Waals surface area contributed by atoms with E-state index in [0.717, 1.165) is 12.8 Å². The van der Waals surface area contributed by atoms with Crippen molar-refractivity contribution >= 4 is 5.97 Å². The number of unbranched alkanes of at least 4 members (excludes halogenated alkanes) is 12. The molecule has 1 rings (SSSR count). The molecule has 0 saturated carbocycles. The first kappa shape index (κ1) is 22.3. The molecule has 26 heavy (non-hydrogen) atoms. The van der Waals surface area contributed by atoms with Crippen molar-refractivity contribution in [2.24, 2.45) is 0 Å². The van der Waals surface area contributed by atoms with Gasteiger partial charge in [0.25, 0.3) is 0 Å². The third-order valence-corrected chi connectivity index (χ3v) is 4.70. The molecule has 0 spiro atoms. The summed E-state index contributed by atoms with van der Waals surface area (Å²) in [5, 5.41) is 20.4. The minimum Gasteiger partial charge on any atom is -0.872 e. The predicted molar refractivity (Wildman–Crippen MR) is 104 cm³/mol. The lowest BCUT2D eigenvalue weighted by Crippen LogP contribution is -2.05. The first-order chi connectivity index (χ1) is 12.6. The van der Waals surface area contributed by atoms with Gasteiger partial charge < -0.3 is 14.9 Å². The molecule has 0 bridgehead atoms. The van der Waals surface area contributed by atoms with Gasteiger partial charge in [-0.1, -0.05) is 89.7 Å². The number of hydrogen-bond acceptors (Lipinski definition) is 3. The van der Waals surface area contributed by atoms with Crippen molar-refractivity contribution < 1.29 is 19.7 Å². The summed E-state index contributed by atoms with van der Waals surface area (Å²) >= 11 is 0. The fourth-order valence-corrected chi connectivity index (χ4v) is 3.08. The van der Waals surface area contributed by atoms with Crippen LogP contribution in [0.5, 0.6) is 11.5 Å². The van der Waals surface area contributed by atoms with Gasteiger partial charge in [-0.05, 0) is 24.6 Å². The largest absolute Gasteiger partial charge is 0.872 e. The highest BCUT2D eigenvalue weighted by atomic mass is 16.5. The van der Waals surface area contributed by atoms with Gasteiger partial charge in [0.15, 0.2) is 0 Å². The predicted octanol–water partition coefficient (Wildman–Crippen LogP) is 5.93. The lowest BCUT2D eigenvalue weighted by atomic mass is 10.0. The molecule has 0 unspecified atom stereocenters. The molecule has 0 fully saturated rings. The van der Waals surface area contributed by atoms with Crippen LogP contribution in [0.1, 0.15) is 101 Å². The number of benzene rings is 1. The van der Waals surface area contributed by atoms with Gasteiger partial charge in [0, 0.05) is 0 Å². The number of carboxylic acid groups (broad SMARTS) is 1. The van der Waals surface area contributed by atoms with Crippen molar-refractivity contribution in [1.29, 1.82) is 0 Å². The summed E-state index contributed by atoms with van der Waals surface area (Å²) in [6, 6.07) is 4.11. The molecular formula is C22H35O4-. The van der Waals surface area contributed by atoms with Gasteiger partial charge >= 0.3 is 5.97 Å². The Morgan fingerprint density at radius 2 is 1.38 bits per heavy atom. The fourth-order valence-electron chi connectivity index (χ4n) is 3.08. The molecule has 1 N–H and O–H groups in total. The van der Waals surface area contributed by atoms with Crippen molar-refractivity contribution in [1.82, 2.24) is 0 Å². The molecule has 0 saturated heterocycles. The summed E-state index contributed by atoms with van der Waals surface area (Å²) in [6.07, 6.45) is 17.0. The van der Waals surface area contributed by atoms with Crippen LogP contribution < -0.4 is 9.84 Å². The minimum atomic E-state index is -1.20. The molecule has 148 valence electrons. The molecule has 0 heterocycles. The van der Waals surface area contributed by atoms with Crippen LogP contribution in [0.15, 0.2) is 18.2 Å². The highest BCUT2D eigenvalue weighted by molar-refractivity contribution is 5.90. The minimum absolute atomic E-state index is 0.210. The Kier molecular flexibility index (Phi) is 12.4. The number of aromatic carboxylic acids is 1. The van der Waals surface area contributed by atoms with Gasteiger partial charge in [0.1, 0.15) is 5.75 Å². The lowest BCUT2D eigenvalue weighted by molar-refractivity contribution is -0.268. The van der Waals surface area contributed by atoms with E-state index in [-0.39, 0.29) is 5.56 Å². The van der Waals surface area contributed by atoms with E-state index in [9.17, 15) is 9.90 Å². The van der Waals surface area contributed by atoms with Crippen molar-refractivity contribution in [3.05, 3.63) is 23.8 Å². The first-order valence-corrected chi connectivity index (χ1v) is 10.3. The van der Waals surface area contributed by atoms with Crippen molar-refractivity contribution in [3.63, 3.8) is 0 Å². The first-order valence-electron chi connectivity index (χ1n) is 10.3. The molecular weight excluding hydrogens is 328 g/mol. The molecule has 0 aliphatic carbocycles. The zero-order valence-corrected chi connectivity index (χ0v) is 16.3. The monoisotopic (exact) mass is 363 g/mol. The van der Waals surface area contributed by atoms with Gasteiger partial charge in [-0.2, -0.15) is 0 Å². The SMILES string of the molecule is CCCCCCCCCCCCCCCOc1ccc(C(=O)O)c([O-])c1. The van der Waals surface area contributed by atoms with Crippen LogP contribution in [-0.2, 0) is 0 Å². The summed E-state index contributed by atoms with van der Waals surface area (Å²) < 4.78 is 5.53. The molecule has 4 heteroatoms. The zero-order chi connectivity index (χ0) is 19.0. The van der Waals surface area contributed by atoms with Crippen LogP contribution in [0, 0.1) is 0 Å². The third-order valence-electron chi connectivity index (χ3n) is 4.70. The summed E-state index contributed by atoms with van der Waals surface area (Å²) in [4.78, 5) is 10.8.